The topological polar surface area (TPSA) is 79.1 Å². The van der Waals surface area contributed by atoms with E-state index in [1.54, 1.807) is 0 Å². The van der Waals surface area contributed by atoms with E-state index in [9.17, 15) is 4.79 Å². The van der Waals surface area contributed by atoms with E-state index >= 15 is 0 Å². The second-order valence-electron chi connectivity index (χ2n) is 4.95. The van der Waals surface area contributed by atoms with Crippen LogP contribution in [0.2, 0.25) is 0 Å². The van der Waals surface area contributed by atoms with Crippen molar-refractivity contribution in [2.75, 3.05) is 0 Å². The number of H-pyrrole nitrogens is 1. The Kier molecular flexibility index (Phi) is 4.22. The van der Waals surface area contributed by atoms with E-state index in [0.717, 1.165) is 22.9 Å². The summed E-state index contributed by atoms with van der Waals surface area (Å²) in [6.45, 7) is 2.17. The highest BCUT2D eigenvalue weighted by Crippen LogP contribution is 2.22. The predicted octanol–water partition coefficient (Wildman–Crippen LogP) is 2.46. The first-order chi connectivity index (χ1) is 9.11. The third-order valence-corrected chi connectivity index (χ3v) is 3.41. The van der Waals surface area contributed by atoms with Gasteiger partial charge in [0.2, 0.25) is 0 Å². The van der Waals surface area contributed by atoms with Gasteiger partial charge < -0.3 is 15.8 Å². The van der Waals surface area contributed by atoms with Crippen LogP contribution in [0.3, 0.4) is 0 Å². The molecule has 0 unspecified atom stereocenters. The van der Waals surface area contributed by atoms with Gasteiger partial charge in [0.15, 0.2) is 0 Å². The minimum absolute atomic E-state index is 0.354. The maximum atomic E-state index is 10.8. The quantitative estimate of drug-likeness (QED) is 0.746. The second kappa shape index (κ2) is 5.89. The van der Waals surface area contributed by atoms with Gasteiger partial charge in [0.05, 0.1) is 0 Å². The fourth-order valence-corrected chi connectivity index (χ4v) is 2.26. The van der Waals surface area contributed by atoms with Crippen LogP contribution in [-0.2, 0) is 17.6 Å². The van der Waals surface area contributed by atoms with Crippen LogP contribution in [0.4, 0.5) is 0 Å². The van der Waals surface area contributed by atoms with Crippen molar-refractivity contribution >= 4 is 16.9 Å². The molecule has 2 rings (SSSR count). The van der Waals surface area contributed by atoms with Crippen molar-refractivity contribution in [2.45, 2.75) is 38.6 Å². The molecule has 0 saturated carbocycles. The van der Waals surface area contributed by atoms with Gasteiger partial charge in [-0.25, -0.2) is 0 Å². The van der Waals surface area contributed by atoms with Crippen LogP contribution in [0.1, 0.15) is 30.9 Å². The molecule has 4 N–H and O–H groups in total. The summed E-state index contributed by atoms with van der Waals surface area (Å²) in [7, 11) is 0. The SMILES string of the molecule is CCCCc1ccc2[nH]cc(C[C@H](N)C(=O)O)c2c1. The molecule has 0 aliphatic heterocycles. The Hall–Kier alpha value is -1.81. The smallest absolute Gasteiger partial charge is 0.320 e. The first-order valence-corrected chi connectivity index (χ1v) is 6.69. The number of hydrogen-bond acceptors (Lipinski definition) is 2. The van der Waals surface area contributed by atoms with Gasteiger partial charge in [-0.15, -0.1) is 0 Å². The first-order valence-electron chi connectivity index (χ1n) is 6.69. The molecule has 0 amide bonds. The first kappa shape index (κ1) is 13.6. The number of hydrogen-bond donors (Lipinski definition) is 3. The number of unbranched alkanes of at least 4 members (excludes halogenated alkanes) is 1. The highest BCUT2D eigenvalue weighted by Gasteiger charge is 2.14. The lowest BCUT2D eigenvalue weighted by molar-refractivity contribution is -0.138. The summed E-state index contributed by atoms with van der Waals surface area (Å²) in [5.41, 5.74) is 8.90. The monoisotopic (exact) mass is 260 g/mol. The van der Waals surface area contributed by atoms with Crippen molar-refractivity contribution in [3.8, 4) is 0 Å². The molecule has 1 atom stereocenters. The number of nitrogens with one attached hydrogen (secondary N) is 1. The number of rotatable bonds is 6. The largest absolute Gasteiger partial charge is 0.480 e. The molecule has 4 heteroatoms. The average molecular weight is 260 g/mol. The van der Waals surface area contributed by atoms with Crippen LogP contribution >= 0.6 is 0 Å². The van der Waals surface area contributed by atoms with E-state index in [1.165, 1.54) is 18.4 Å². The van der Waals surface area contributed by atoms with Crippen LogP contribution in [0.25, 0.3) is 10.9 Å². The van der Waals surface area contributed by atoms with E-state index in [0.29, 0.717) is 6.42 Å². The highest BCUT2D eigenvalue weighted by atomic mass is 16.4. The van der Waals surface area contributed by atoms with Gasteiger partial charge in [-0.05, 0) is 36.1 Å². The third kappa shape index (κ3) is 3.15. The van der Waals surface area contributed by atoms with Gasteiger partial charge in [-0.3, -0.25) is 4.79 Å². The Morgan fingerprint density at radius 3 is 2.95 bits per heavy atom. The van der Waals surface area contributed by atoms with E-state index < -0.39 is 12.0 Å². The molecule has 0 spiro atoms. The molecular weight excluding hydrogens is 240 g/mol. The molecule has 0 fully saturated rings. The fraction of sp³-hybridized carbons (Fsp3) is 0.400. The summed E-state index contributed by atoms with van der Waals surface area (Å²) in [6, 6.07) is 5.47. The van der Waals surface area contributed by atoms with Gasteiger partial charge in [-0.1, -0.05) is 19.4 Å². The lowest BCUT2D eigenvalue weighted by Crippen LogP contribution is -2.32. The van der Waals surface area contributed by atoms with Crippen LogP contribution in [0.5, 0.6) is 0 Å². The molecular formula is C15H20N2O2. The molecule has 0 saturated heterocycles. The van der Waals surface area contributed by atoms with Crippen LogP contribution in [-0.4, -0.2) is 22.1 Å². The summed E-state index contributed by atoms with van der Waals surface area (Å²) in [6.07, 6.45) is 5.60. The van der Waals surface area contributed by atoms with Gasteiger partial charge in [0.25, 0.3) is 0 Å². The summed E-state index contributed by atoms with van der Waals surface area (Å²) in [5.74, 6) is -0.962. The summed E-state index contributed by atoms with van der Waals surface area (Å²) in [5, 5.41) is 9.98. The molecule has 0 radical (unpaired) electrons. The maximum absolute atomic E-state index is 10.8. The molecule has 4 nitrogen and oxygen atoms in total. The molecule has 1 heterocycles. The third-order valence-electron chi connectivity index (χ3n) is 3.41. The summed E-state index contributed by atoms with van der Waals surface area (Å²) >= 11 is 0. The van der Waals surface area contributed by atoms with E-state index in [4.69, 9.17) is 10.8 Å². The predicted molar refractivity (Wildman–Crippen MR) is 76.2 cm³/mol. The average Bonchev–Trinajstić information content (AvgIpc) is 2.79. The Bertz CT molecular complexity index is 575. The van der Waals surface area contributed by atoms with E-state index in [-0.39, 0.29) is 0 Å². The Balaban J connectivity index is 2.26. The number of aromatic nitrogens is 1. The number of aryl methyl sites for hydroxylation is 1. The zero-order valence-electron chi connectivity index (χ0n) is 11.1. The maximum Gasteiger partial charge on any atom is 0.320 e. The summed E-state index contributed by atoms with van der Waals surface area (Å²) in [4.78, 5) is 14.0. The fourth-order valence-electron chi connectivity index (χ4n) is 2.26. The molecule has 19 heavy (non-hydrogen) atoms. The van der Waals surface area contributed by atoms with E-state index in [1.807, 2.05) is 6.20 Å². The van der Waals surface area contributed by atoms with Crippen LogP contribution in [0.15, 0.2) is 24.4 Å². The number of aromatic amines is 1. The highest BCUT2D eigenvalue weighted by molar-refractivity contribution is 5.85. The molecule has 2 aromatic rings. The standard InChI is InChI=1S/C15H20N2O2/c1-2-3-4-10-5-6-14-12(7-10)11(9-17-14)8-13(16)15(18)19/h5-7,9,13,17H,2-4,8,16H2,1H3,(H,18,19)/t13-/m0/s1. The number of carboxylic acids is 1. The van der Waals surface area contributed by atoms with Crippen molar-refractivity contribution in [3.63, 3.8) is 0 Å². The number of fused-ring (bicyclic) bond motifs is 1. The zero-order chi connectivity index (χ0) is 13.8. The molecule has 1 aromatic heterocycles. The van der Waals surface area contributed by atoms with Gasteiger partial charge in [0.1, 0.15) is 6.04 Å². The minimum Gasteiger partial charge on any atom is -0.480 e. The van der Waals surface area contributed by atoms with Gasteiger partial charge in [-0.2, -0.15) is 0 Å². The van der Waals surface area contributed by atoms with Crippen LogP contribution < -0.4 is 5.73 Å². The molecule has 0 aliphatic carbocycles. The van der Waals surface area contributed by atoms with Crippen molar-refractivity contribution < 1.29 is 9.90 Å². The van der Waals surface area contributed by atoms with Gasteiger partial charge >= 0.3 is 5.97 Å². The Morgan fingerprint density at radius 2 is 2.26 bits per heavy atom. The second-order valence-corrected chi connectivity index (χ2v) is 4.95. The Labute approximate surface area is 112 Å². The lowest BCUT2D eigenvalue weighted by atomic mass is 10.0. The number of aliphatic carboxylic acids is 1. The van der Waals surface area contributed by atoms with Crippen molar-refractivity contribution in [3.05, 3.63) is 35.5 Å². The lowest BCUT2D eigenvalue weighted by Gasteiger charge is -2.06. The normalized spacial score (nSPS) is 12.7. The van der Waals surface area contributed by atoms with Crippen molar-refractivity contribution in [1.82, 2.24) is 4.98 Å². The molecule has 0 bridgehead atoms. The Morgan fingerprint density at radius 1 is 1.47 bits per heavy atom. The number of benzene rings is 1. The van der Waals surface area contributed by atoms with Crippen LogP contribution in [0, 0.1) is 0 Å². The zero-order valence-corrected chi connectivity index (χ0v) is 11.1. The number of carbonyl (C=O) groups is 1. The van der Waals surface area contributed by atoms with Crippen molar-refractivity contribution in [2.24, 2.45) is 5.73 Å². The number of carboxylic acid groups (broad SMARTS) is 1. The number of nitrogens with two attached hydrogens (primary N) is 1. The van der Waals surface area contributed by atoms with Crippen molar-refractivity contribution in [1.29, 1.82) is 0 Å². The minimum atomic E-state index is -0.962. The summed E-state index contributed by atoms with van der Waals surface area (Å²) < 4.78 is 0. The van der Waals surface area contributed by atoms with E-state index in [2.05, 4.69) is 30.1 Å². The molecule has 0 aliphatic rings. The molecule has 102 valence electrons. The molecule has 1 aromatic carbocycles. The van der Waals surface area contributed by atoms with Gasteiger partial charge in [0, 0.05) is 23.5 Å².